The second-order valence-corrected chi connectivity index (χ2v) is 7.88. The zero-order valence-corrected chi connectivity index (χ0v) is 15.9. The summed E-state index contributed by atoms with van der Waals surface area (Å²) in [7, 11) is -3.73. The first-order chi connectivity index (χ1) is 11.4. The van der Waals surface area contributed by atoms with Gasteiger partial charge < -0.3 is 15.7 Å². The number of hydrogen-bond donors (Lipinski definition) is 4. The van der Waals surface area contributed by atoms with Crippen LogP contribution in [0.4, 0.5) is 0 Å². The third-order valence-corrected chi connectivity index (χ3v) is 5.42. The molecule has 1 fully saturated rings. The van der Waals surface area contributed by atoms with E-state index in [1.54, 1.807) is 0 Å². The van der Waals surface area contributed by atoms with E-state index in [1.165, 1.54) is 24.3 Å². The molecule has 4 N–H and O–H groups in total. The summed E-state index contributed by atoms with van der Waals surface area (Å²) in [6, 6.07) is 5.76. The number of amides is 1. The Morgan fingerprint density at radius 3 is 2.56 bits per heavy atom. The second kappa shape index (κ2) is 9.49. The first-order valence-corrected chi connectivity index (χ1v) is 9.66. The Bertz CT molecular complexity index is 658. The fourth-order valence-corrected chi connectivity index (χ4v) is 3.66. The van der Waals surface area contributed by atoms with Crippen molar-refractivity contribution < 1.29 is 18.3 Å². The average Bonchev–Trinajstić information content (AvgIpc) is 2.59. The maximum Gasteiger partial charge on any atom is 0.251 e. The molecule has 1 heterocycles. The molecular formula is C16H26ClN3O4S. The predicted molar refractivity (Wildman–Crippen MR) is 98.6 cm³/mol. The fraction of sp³-hybridized carbons (Fsp3) is 0.562. The van der Waals surface area contributed by atoms with Crippen molar-refractivity contribution in [1.29, 1.82) is 0 Å². The number of nitrogens with one attached hydrogen (secondary N) is 3. The number of hydrogen-bond acceptors (Lipinski definition) is 5. The highest BCUT2D eigenvalue weighted by molar-refractivity contribution is 7.89. The lowest BCUT2D eigenvalue weighted by Gasteiger charge is -2.32. The van der Waals surface area contributed by atoms with E-state index in [1.807, 2.05) is 6.92 Å². The summed E-state index contributed by atoms with van der Waals surface area (Å²) in [4.78, 5) is 11.9. The molecule has 1 atom stereocenters. The first kappa shape index (κ1) is 21.9. The minimum atomic E-state index is -3.73. The number of rotatable bonds is 7. The highest BCUT2D eigenvalue weighted by atomic mass is 35.5. The maximum atomic E-state index is 12.3. The van der Waals surface area contributed by atoms with Crippen molar-refractivity contribution in [2.45, 2.75) is 36.7 Å². The average molecular weight is 392 g/mol. The third kappa shape index (κ3) is 6.23. The molecule has 1 amide bonds. The monoisotopic (exact) mass is 391 g/mol. The summed E-state index contributed by atoms with van der Waals surface area (Å²) in [5.74, 6) is -0.226. The first-order valence-electron chi connectivity index (χ1n) is 8.17. The summed E-state index contributed by atoms with van der Waals surface area (Å²) in [5, 5.41) is 16.1. The molecule has 7 nitrogen and oxygen atoms in total. The number of aliphatic hydroxyl groups is 1. The molecule has 0 aliphatic carbocycles. The topological polar surface area (TPSA) is 108 Å². The van der Waals surface area contributed by atoms with Crippen LogP contribution in [-0.2, 0) is 10.0 Å². The summed E-state index contributed by atoms with van der Waals surface area (Å²) in [6.07, 6.45) is 2.19. The van der Waals surface area contributed by atoms with Crippen molar-refractivity contribution in [1.82, 2.24) is 15.4 Å². The normalized spacial score (nSPS) is 20.6. The van der Waals surface area contributed by atoms with Crippen molar-refractivity contribution >= 4 is 28.3 Å². The minimum Gasteiger partial charge on any atom is -0.387 e. The van der Waals surface area contributed by atoms with Crippen LogP contribution in [0.5, 0.6) is 0 Å². The van der Waals surface area contributed by atoms with Crippen LogP contribution in [0.2, 0.25) is 0 Å². The number of β-amino-alcohol motifs (C(OH)–C–C–N with tert-alkyl or cyclic N) is 1. The van der Waals surface area contributed by atoms with Gasteiger partial charge in [-0.1, -0.05) is 6.92 Å². The highest BCUT2D eigenvalue weighted by Gasteiger charge is 2.30. The van der Waals surface area contributed by atoms with Crippen LogP contribution in [-0.4, -0.2) is 51.2 Å². The van der Waals surface area contributed by atoms with Gasteiger partial charge in [-0.25, -0.2) is 13.1 Å². The predicted octanol–water partition coefficient (Wildman–Crippen LogP) is 0.641. The third-order valence-electron chi connectivity index (χ3n) is 4.00. The van der Waals surface area contributed by atoms with Gasteiger partial charge in [0.2, 0.25) is 10.0 Å². The molecule has 0 spiro atoms. The standard InChI is InChI=1S/C16H25N3O4S.ClH/c1-2-9-18-15(20)13-4-6-14(7-5-13)24(22,23)19-12-16(21)8-3-10-17-11-16;/h4-7,17,19,21H,2-3,8-12H2,1H3,(H,18,20);1H. The van der Waals surface area contributed by atoms with E-state index in [4.69, 9.17) is 0 Å². The van der Waals surface area contributed by atoms with Crippen molar-refractivity contribution in [3.63, 3.8) is 0 Å². The summed E-state index contributed by atoms with van der Waals surface area (Å²) >= 11 is 0. The molecule has 9 heteroatoms. The summed E-state index contributed by atoms with van der Waals surface area (Å²) in [6.45, 7) is 3.69. The van der Waals surface area contributed by atoms with Gasteiger partial charge >= 0.3 is 0 Å². The molecule has 142 valence electrons. The van der Waals surface area contributed by atoms with Gasteiger partial charge in [0.25, 0.3) is 5.91 Å². The van der Waals surface area contributed by atoms with Gasteiger partial charge in [0.1, 0.15) is 0 Å². The smallest absolute Gasteiger partial charge is 0.251 e. The lowest BCUT2D eigenvalue weighted by atomic mass is 9.95. The molecule has 25 heavy (non-hydrogen) atoms. The van der Waals surface area contributed by atoms with E-state index in [2.05, 4.69) is 15.4 Å². The van der Waals surface area contributed by atoms with Crippen molar-refractivity contribution in [2.24, 2.45) is 0 Å². The molecule has 0 bridgehead atoms. The number of halogens is 1. The van der Waals surface area contributed by atoms with Gasteiger partial charge in [-0.3, -0.25) is 4.79 Å². The van der Waals surface area contributed by atoms with Gasteiger partial charge in [-0.2, -0.15) is 0 Å². The van der Waals surface area contributed by atoms with Crippen LogP contribution in [0.25, 0.3) is 0 Å². The van der Waals surface area contributed by atoms with Gasteiger partial charge in [0.15, 0.2) is 0 Å². The quantitative estimate of drug-likeness (QED) is 0.545. The number of sulfonamides is 1. The Hall–Kier alpha value is -1.19. The molecule has 1 aromatic carbocycles. The van der Waals surface area contributed by atoms with Crippen molar-refractivity contribution in [3.8, 4) is 0 Å². The molecule has 2 rings (SSSR count). The Morgan fingerprint density at radius 1 is 1.32 bits per heavy atom. The SMILES string of the molecule is CCCNC(=O)c1ccc(S(=O)(=O)NCC2(O)CCCNC2)cc1.Cl. The van der Waals surface area contributed by atoms with Crippen LogP contribution in [0.3, 0.4) is 0 Å². The van der Waals surface area contributed by atoms with E-state index in [0.717, 1.165) is 19.4 Å². The molecule has 1 unspecified atom stereocenters. The van der Waals surface area contributed by atoms with E-state index in [0.29, 0.717) is 25.1 Å². The van der Waals surface area contributed by atoms with Gasteiger partial charge in [-0.05, 0) is 50.1 Å². The van der Waals surface area contributed by atoms with Crippen LogP contribution >= 0.6 is 12.4 Å². The van der Waals surface area contributed by atoms with Crippen LogP contribution in [0.15, 0.2) is 29.2 Å². The lowest BCUT2D eigenvalue weighted by Crippen LogP contribution is -2.52. The molecular weight excluding hydrogens is 366 g/mol. The highest BCUT2D eigenvalue weighted by Crippen LogP contribution is 2.17. The maximum absolute atomic E-state index is 12.3. The number of carbonyl (C=O) groups is 1. The Labute approximate surface area is 155 Å². The minimum absolute atomic E-state index is 0. The van der Waals surface area contributed by atoms with Crippen molar-refractivity contribution in [2.75, 3.05) is 26.2 Å². The lowest BCUT2D eigenvalue weighted by molar-refractivity contribution is 0.0218. The Kier molecular flexibility index (Phi) is 8.30. The van der Waals surface area contributed by atoms with Crippen LogP contribution in [0.1, 0.15) is 36.5 Å². The molecule has 0 aromatic heterocycles. The number of benzene rings is 1. The van der Waals surface area contributed by atoms with E-state index in [9.17, 15) is 18.3 Å². The zero-order valence-electron chi connectivity index (χ0n) is 14.2. The Morgan fingerprint density at radius 2 is 2.00 bits per heavy atom. The van der Waals surface area contributed by atoms with E-state index >= 15 is 0 Å². The molecule has 1 aromatic rings. The van der Waals surface area contributed by atoms with Crippen LogP contribution in [0, 0.1) is 0 Å². The van der Waals surface area contributed by atoms with Gasteiger partial charge in [0, 0.05) is 25.2 Å². The molecule has 1 saturated heterocycles. The van der Waals surface area contributed by atoms with Gasteiger partial charge in [-0.15, -0.1) is 12.4 Å². The van der Waals surface area contributed by atoms with Crippen LogP contribution < -0.4 is 15.4 Å². The Balaban J connectivity index is 0.00000312. The number of piperidine rings is 1. The largest absolute Gasteiger partial charge is 0.387 e. The molecule has 1 aliphatic rings. The van der Waals surface area contributed by atoms with E-state index in [-0.39, 0.29) is 29.8 Å². The summed E-state index contributed by atoms with van der Waals surface area (Å²) in [5.41, 5.74) is -0.650. The second-order valence-electron chi connectivity index (χ2n) is 6.11. The van der Waals surface area contributed by atoms with Gasteiger partial charge in [0.05, 0.1) is 10.5 Å². The molecule has 0 saturated carbocycles. The summed E-state index contributed by atoms with van der Waals surface area (Å²) < 4.78 is 27.1. The van der Waals surface area contributed by atoms with E-state index < -0.39 is 15.6 Å². The van der Waals surface area contributed by atoms with Crippen molar-refractivity contribution in [3.05, 3.63) is 29.8 Å². The molecule has 1 aliphatic heterocycles. The molecule has 0 radical (unpaired) electrons. The number of carbonyl (C=O) groups excluding carboxylic acids is 1. The fourth-order valence-electron chi connectivity index (χ4n) is 2.54. The zero-order chi connectivity index (χ0) is 17.6.